The number of aromatic nitrogens is 2. The molecule has 1 N–H and O–H groups in total. The number of carbonyl (C=O) groups is 3. The van der Waals surface area contributed by atoms with Crippen LogP contribution in [0.5, 0.6) is 0 Å². The van der Waals surface area contributed by atoms with Gasteiger partial charge in [-0.1, -0.05) is 36.8 Å². The van der Waals surface area contributed by atoms with Gasteiger partial charge in [0.15, 0.2) is 0 Å². The third-order valence-electron chi connectivity index (χ3n) is 4.93. The summed E-state index contributed by atoms with van der Waals surface area (Å²) in [5, 5.41) is 12.4. The van der Waals surface area contributed by atoms with Crippen LogP contribution in [0.3, 0.4) is 0 Å². The number of rotatable bonds is 8. The maximum Gasteiger partial charge on any atom is 0.261 e. The van der Waals surface area contributed by atoms with Crippen LogP contribution < -0.4 is 5.32 Å². The van der Waals surface area contributed by atoms with Crippen molar-refractivity contribution in [3.8, 4) is 0 Å². The third kappa shape index (κ3) is 4.11. The highest BCUT2D eigenvalue weighted by atomic mass is 32.1. The molecule has 1 aromatic carbocycles. The van der Waals surface area contributed by atoms with Gasteiger partial charge in [-0.25, -0.2) is 0 Å². The van der Waals surface area contributed by atoms with Crippen LogP contribution in [0.4, 0.5) is 5.13 Å². The third-order valence-corrected chi connectivity index (χ3v) is 5.93. The molecular formula is C20H24N4O3S. The van der Waals surface area contributed by atoms with E-state index in [9.17, 15) is 14.4 Å². The Morgan fingerprint density at radius 2 is 1.86 bits per heavy atom. The van der Waals surface area contributed by atoms with Gasteiger partial charge in [0.05, 0.1) is 11.1 Å². The predicted molar refractivity (Wildman–Crippen MR) is 108 cm³/mol. The molecule has 2 heterocycles. The lowest BCUT2D eigenvalue weighted by atomic mass is 10.1. The smallest absolute Gasteiger partial charge is 0.261 e. The van der Waals surface area contributed by atoms with Crippen molar-refractivity contribution in [1.82, 2.24) is 15.1 Å². The average molecular weight is 401 g/mol. The largest absolute Gasteiger partial charge is 0.301 e. The van der Waals surface area contributed by atoms with Crippen LogP contribution >= 0.6 is 11.3 Å². The monoisotopic (exact) mass is 400 g/mol. The Morgan fingerprint density at radius 3 is 2.57 bits per heavy atom. The quantitative estimate of drug-likeness (QED) is 0.681. The zero-order valence-electron chi connectivity index (χ0n) is 16.3. The number of carbonyl (C=O) groups excluding carboxylic acids is 3. The van der Waals surface area contributed by atoms with Crippen molar-refractivity contribution in [3.05, 3.63) is 39.9 Å². The molecular weight excluding hydrogens is 376 g/mol. The highest BCUT2D eigenvalue weighted by Crippen LogP contribution is 2.28. The van der Waals surface area contributed by atoms with E-state index in [4.69, 9.17) is 0 Å². The van der Waals surface area contributed by atoms with Crippen molar-refractivity contribution >= 4 is 34.2 Å². The summed E-state index contributed by atoms with van der Waals surface area (Å²) in [5.41, 5.74) is 1.81. The van der Waals surface area contributed by atoms with E-state index in [1.165, 1.54) is 16.2 Å². The molecule has 0 aliphatic carbocycles. The second-order valence-corrected chi connectivity index (χ2v) is 7.93. The summed E-state index contributed by atoms with van der Waals surface area (Å²) in [6.07, 6.45) is 2.57. The van der Waals surface area contributed by atoms with E-state index in [0.29, 0.717) is 28.6 Å². The second-order valence-electron chi connectivity index (χ2n) is 6.92. The molecule has 0 bridgehead atoms. The predicted octanol–water partition coefficient (Wildman–Crippen LogP) is 3.77. The Kier molecular flexibility index (Phi) is 6.18. The summed E-state index contributed by atoms with van der Waals surface area (Å²) in [5.74, 6) is -0.414. The Labute approximate surface area is 168 Å². The standard InChI is InChI=1S/C20H24N4O3S/c1-4-13(5-2)17-22-23-20(28-17)21-16(25)7-6-10-24-18(26)14-9-8-12(3)11-15(14)19(24)27/h8-9,11,13H,4-7,10H2,1-3H3,(H,21,23,25). The SMILES string of the molecule is CCC(CC)c1nnc(NC(=O)CCCN2C(=O)c3ccc(C)cc3C2=O)s1. The zero-order chi connectivity index (χ0) is 20.3. The number of nitrogens with one attached hydrogen (secondary N) is 1. The molecule has 2 aromatic rings. The minimum absolute atomic E-state index is 0.195. The summed E-state index contributed by atoms with van der Waals surface area (Å²) in [6.45, 7) is 6.31. The van der Waals surface area contributed by atoms with Gasteiger partial charge in [0.2, 0.25) is 11.0 Å². The van der Waals surface area contributed by atoms with Crippen molar-refractivity contribution in [1.29, 1.82) is 0 Å². The van der Waals surface area contributed by atoms with Gasteiger partial charge in [-0.05, 0) is 38.3 Å². The topological polar surface area (TPSA) is 92.3 Å². The normalized spacial score (nSPS) is 13.4. The van der Waals surface area contributed by atoms with E-state index >= 15 is 0 Å². The molecule has 28 heavy (non-hydrogen) atoms. The van der Waals surface area contributed by atoms with Gasteiger partial charge in [0, 0.05) is 18.9 Å². The molecule has 3 rings (SSSR count). The number of nitrogens with zero attached hydrogens (tertiary/aromatic N) is 3. The van der Waals surface area contributed by atoms with Crippen molar-refractivity contribution in [3.63, 3.8) is 0 Å². The number of imide groups is 1. The van der Waals surface area contributed by atoms with Crippen LogP contribution in [0.25, 0.3) is 0 Å². The first-order chi connectivity index (χ1) is 13.4. The Bertz CT molecular complexity index is 905. The summed E-state index contributed by atoms with van der Waals surface area (Å²) in [7, 11) is 0. The van der Waals surface area contributed by atoms with E-state index < -0.39 is 0 Å². The highest BCUT2D eigenvalue weighted by Gasteiger charge is 2.34. The molecule has 7 nitrogen and oxygen atoms in total. The molecule has 8 heteroatoms. The Morgan fingerprint density at radius 1 is 1.14 bits per heavy atom. The molecule has 1 aliphatic rings. The van der Waals surface area contributed by atoms with Gasteiger partial charge in [0.25, 0.3) is 11.8 Å². The lowest BCUT2D eigenvalue weighted by Crippen LogP contribution is -2.31. The fourth-order valence-corrected chi connectivity index (χ4v) is 4.30. The molecule has 0 atom stereocenters. The van der Waals surface area contributed by atoms with Crippen LogP contribution in [-0.2, 0) is 4.79 Å². The van der Waals surface area contributed by atoms with E-state index in [-0.39, 0.29) is 30.7 Å². The van der Waals surface area contributed by atoms with Crippen LogP contribution in [0, 0.1) is 6.92 Å². The maximum atomic E-state index is 12.4. The van der Waals surface area contributed by atoms with Crippen molar-refractivity contribution < 1.29 is 14.4 Å². The zero-order valence-corrected chi connectivity index (χ0v) is 17.1. The van der Waals surface area contributed by atoms with Gasteiger partial charge in [-0.2, -0.15) is 0 Å². The highest BCUT2D eigenvalue weighted by molar-refractivity contribution is 7.15. The average Bonchev–Trinajstić information content (AvgIpc) is 3.21. The Balaban J connectivity index is 1.51. The number of aryl methyl sites for hydroxylation is 1. The lowest BCUT2D eigenvalue weighted by molar-refractivity contribution is -0.116. The number of benzene rings is 1. The molecule has 3 amide bonds. The molecule has 0 saturated carbocycles. The van der Waals surface area contributed by atoms with Crippen LogP contribution in [0.2, 0.25) is 0 Å². The van der Waals surface area contributed by atoms with E-state index in [1.807, 2.05) is 13.0 Å². The van der Waals surface area contributed by atoms with Crippen molar-refractivity contribution in [2.75, 3.05) is 11.9 Å². The second kappa shape index (κ2) is 8.60. The van der Waals surface area contributed by atoms with Crippen LogP contribution in [0.15, 0.2) is 18.2 Å². The van der Waals surface area contributed by atoms with Crippen molar-refractivity contribution in [2.45, 2.75) is 52.4 Å². The number of hydrogen-bond donors (Lipinski definition) is 1. The van der Waals surface area contributed by atoms with E-state index in [2.05, 4.69) is 29.4 Å². The molecule has 1 aromatic heterocycles. The molecule has 1 aliphatic heterocycles. The fourth-order valence-electron chi connectivity index (χ4n) is 3.28. The number of anilines is 1. The van der Waals surface area contributed by atoms with Crippen molar-refractivity contribution in [2.24, 2.45) is 0 Å². The fraction of sp³-hybridized carbons (Fsp3) is 0.450. The van der Waals surface area contributed by atoms with Crippen LogP contribution in [0.1, 0.15) is 76.7 Å². The first kappa shape index (κ1) is 20.1. The number of amides is 3. The Hall–Kier alpha value is -2.61. The van der Waals surface area contributed by atoms with Gasteiger partial charge in [-0.15, -0.1) is 10.2 Å². The molecule has 0 spiro atoms. The first-order valence-corrected chi connectivity index (χ1v) is 10.4. The van der Waals surface area contributed by atoms with E-state index in [0.717, 1.165) is 23.4 Å². The minimum atomic E-state index is -0.292. The minimum Gasteiger partial charge on any atom is -0.301 e. The molecule has 0 saturated heterocycles. The van der Waals surface area contributed by atoms with Crippen LogP contribution in [-0.4, -0.2) is 39.4 Å². The summed E-state index contributed by atoms with van der Waals surface area (Å²) in [6, 6.07) is 5.23. The van der Waals surface area contributed by atoms with Gasteiger partial charge in [-0.3, -0.25) is 19.3 Å². The van der Waals surface area contributed by atoms with Gasteiger partial charge >= 0.3 is 0 Å². The summed E-state index contributed by atoms with van der Waals surface area (Å²) >= 11 is 1.40. The molecule has 0 unspecified atom stereocenters. The summed E-state index contributed by atoms with van der Waals surface area (Å²) < 4.78 is 0. The maximum absolute atomic E-state index is 12.4. The van der Waals surface area contributed by atoms with E-state index in [1.54, 1.807) is 12.1 Å². The van der Waals surface area contributed by atoms with Gasteiger partial charge < -0.3 is 5.32 Å². The lowest BCUT2D eigenvalue weighted by Gasteiger charge is -2.13. The molecule has 0 radical (unpaired) electrons. The molecule has 148 valence electrons. The molecule has 0 fully saturated rings. The summed E-state index contributed by atoms with van der Waals surface area (Å²) in [4.78, 5) is 38.2. The van der Waals surface area contributed by atoms with Gasteiger partial charge in [0.1, 0.15) is 5.01 Å². The number of hydrogen-bond acceptors (Lipinski definition) is 6. The number of fused-ring (bicyclic) bond motifs is 1. The first-order valence-electron chi connectivity index (χ1n) is 9.54.